The molecular weight excluding hydrogens is 662 g/mol. The number of epoxide rings is 1. The maximum absolute atomic E-state index is 13.0. The summed E-state index contributed by atoms with van der Waals surface area (Å²) >= 11 is 6.60. The van der Waals surface area contributed by atoms with Crippen molar-refractivity contribution in [1.82, 2.24) is 0 Å². The van der Waals surface area contributed by atoms with Crippen molar-refractivity contribution >= 4 is 37.6 Å². The summed E-state index contributed by atoms with van der Waals surface area (Å²) in [5.74, 6) is -0.695. The first-order valence-electron chi connectivity index (χ1n) is 11.7. The molecule has 0 spiro atoms. The first-order chi connectivity index (χ1) is 17.7. The predicted molar refractivity (Wildman–Crippen MR) is 142 cm³/mol. The van der Waals surface area contributed by atoms with E-state index in [2.05, 4.69) is 31.9 Å². The van der Waals surface area contributed by atoms with Gasteiger partial charge in [0.15, 0.2) is 5.60 Å². The number of hydrogen-bond donors (Lipinski definition) is 0. The molecule has 1 heterocycles. The Kier molecular flexibility index (Phi) is 10.3. The average Bonchev–Trinajstić information content (AvgIpc) is 3.59. The van der Waals surface area contributed by atoms with E-state index in [-0.39, 0.29) is 13.0 Å². The molecule has 1 fully saturated rings. The zero-order valence-electron chi connectivity index (χ0n) is 22.2. The van der Waals surface area contributed by atoms with Crippen molar-refractivity contribution in [3.05, 3.63) is 56.5 Å². The minimum Gasteiger partial charge on any atom is -0.496 e. The van der Waals surface area contributed by atoms with Gasteiger partial charge in [-0.2, -0.15) is 26.3 Å². The van der Waals surface area contributed by atoms with E-state index in [9.17, 15) is 31.1 Å². The number of ketones is 1. The molecule has 1 saturated heterocycles. The Morgan fingerprint density at radius 3 is 1.59 bits per heavy atom. The molecular formula is C27H30Br2F6O4. The molecule has 0 radical (unpaired) electrons. The van der Waals surface area contributed by atoms with Gasteiger partial charge in [0, 0.05) is 31.9 Å². The molecule has 2 aromatic carbocycles. The molecule has 0 bridgehead atoms. The summed E-state index contributed by atoms with van der Waals surface area (Å²) in [5, 5.41) is 0. The molecule has 4 nitrogen and oxygen atoms in total. The number of carbonyl (C=O) groups excluding carboxylic acids is 1. The Labute approximate surface area is 240 Å². The SMILES string of the molecule is COc1ccc(Br)cc1C(C)(C)CC(=O)C(F)(F)F.COc1ccc(Br)cc1C(C)(C)CC1(C(F)(F)F)CO1. The summed E-state index contributed by atoms with van der Waals surface area (Å²) < 4.78 is 92.9. The van der Waals surface area contributed by atoms with Crippen LogP contribution in [0, 0.1) is 0 Å². The summed E-state index contributed by atoms with van der Waals surface area (Å²) in [4.78, 5) is 11.2. The predicted octanol–water partition coefficient (Wildman–Crippen LogP) is 8.71. The number of Topliss-reactive ketones (excluding diaryl/α,β-unsaturated/α-hetero) is 1. The maximum atomic E-state index is 13.0. The van der Waals surface area contributed by atoms with Gasteiger partial charge < -0.3 is 14.2 Å². The van der Waals surface area contributed by atoms with Gasteiger partial charge in [-0.05, 0) is 48.2 Å². The van der Waals surface area contributed by atoms with Gasteiger partial charge in [-0.15, -0.1) is 0 Å². The molecule has 1 aliphatic heterocycles. The average molecular weight is 692 g/mol. The molecule has 1 atom stereocenters. The van der Waals surface area contributed by atoms with E-state index in [0.717, 1.165) is 14.5 Å². The molecule has 0 amide bonds. The third-order valence-corrected chi connectivity index (χ3v) is 7.42. The Bertz CT molecular complexity index is 1170. The molecule has 0 saturated carbocycles. The molecule has 0 N–H and O–H groups in total. The first kappa shape index (κ1) is 33.4. The second-order valence-corrected chi connectivity index (χ2v) is 12.3. The number of alkyl halides is 6. The van der Waals surface area contributed by atoms with Crippen LogP contribution in [-0.2, 0) is 20.4 Å². The molecule has 218 valence electrons. The summed E-state index contributed by atoms with van der Waals surface area (Å²) in [5.41, 5.74) is -2.41. The third-order valence-electron chi connectivity index (χ3n) is 6.44. The fraction of sp³-hybridized carbons (Fsp3) is 0.519. The molecule has 0 aromatic heterocycles. The van der Waals surface area contributed by atoms with Gasteiger partial charge in [-0.3, -0.25) is 4.79 Å². The quantitative estimate of drug-likeness (QED) is 0.205. The normalized spacial score (nSPS) is 17.7. The van der Waals surface area contributed by atoms with Crippen LogP contribution in [0.2, 0.25) is 0 Å². The van der Waals surface area contributed by atoms with Crippen molar-refractivity contribution < 1.29 is 45.3 Å². The highest BCUT2D eigenvalue weighted by Crippen LogP contribution is 2.52. The van der Waals surface area contributed by atoms with Crippen LogP contribution < -0.4 is 9.47 Å². The minimum atomic E-state index is -4.81. The lowest BCUT2D eigenvalue weighted by Crippen LogP contribution is -2.39. The van der Waals surface area contributed by atoms with E-state index in [1.807, 2.05) is 0 Å². The van der Waals surface area contributed by atoms with Crippen molar-refractivity contribution in [2.75, 3.05) is 20.8 Å². The fourth-order valence-electron chi connectivity index (χ4n) is 4.28. The van der Waals surface area contributed by atoms with Crippen LogP contribution >= 0.6 is 31.9 Å². The van der Waals surface area contributed by atoms with Gasteiger partial charge in [0.05, 0.1) is 20.8 Å². The number of ether oxygens (including phenoxy) is 3. The van der Waals surface area contributed by atoms with Gasteiger partial charge in [-0.25, -0.2) is 0 Å². The third kappa shape index (κ3) is 8.36. The number of carbonyl (C=O) groups is 1. The van der Waals surface area contributed by atoms with Crippen LogP contribution in [0.1, 0.15) is 51.7 Å². The number of methoxy groups -OCH3 is 2. The number of rotatable bonds is 8. The van der Waals surface area contributed by atoms with Crippen molar-refractivity contribution in [3.63, 3.8) is 0 Å². The van der Waals surface area contributed by atoms with E-state index in [0.29, 0.717) is 17.1 Å². The monoisotopic (exact) mass is 690 g/mol. The Morgan fingerprint density at radius 2 is 1.26 bits per heavy atom. The van der Waals surface area contributed by atoms with Gasteiger partial charge in [-0.1, -0.05) is 59.6 Å². The second-order valence-electron chi connectivity index (χ2n) is 10.5. The van der Waals surface area contributed by atoms with E-state index < -0.39 is 41.0 Å². The second kappa shape index (κ2) is 12.0. The van der Waals surface area contributed by atoms with Crippen molar-refractivity contribution in [2.24, 2.45) is 0 Å². The minimum absolute atomic E-state index is 0.129. The van der Waals surface area contributed by atoms with E-state index in [4.69, 9.17) is 14.2 Å². The highest BCUT2D eigenvalue weighted by Gasteiger charge is 2.67. The zero-order chi connectivity index (χ0) is 30.0. The summed E-state index contributed by atoms with van der Waals surface area (Å²) in [6, 6.07) is 10.4. The summed E-state index contributed by atoms with van der Waals surface area (Å²) in [6.07, 6.45) is -9.90. The fourth-order valence-corrected chi connectivity index (χ4v) is 5.00. The van der Waals surface area contributed by atoms with E-state index >= 15 is 0 Å². The first-order valence-corrected chi connectivity index (χ1v) is 13.3. The van der Waals surface area contributed by atoms with E-state index in [1.54, 1.807) is 64.1 Å². The number of benzene rings is 2. The lowest BCUT2D eigenvalue weighted by Gasteiger charge is -2.31. The lowest BCUT2D eigenvalue weighted by atomic mass is 9.76. The van der Waals surface area contributed by atoms with Crippen LogP contribution in [0.3, 0.4) is 0 Å². The van der Waals surface area contributed by atoms with Gasteiger partial charge in [0.25, 0.3) is 0 Å². The van der Waals surface area contributed by atoms with Crippen LogP contribution in [0.15, 0.2) is 45.3 Å². The van der Waals surface area contributed by atoms with Gasteiger partial charge >= 0.3 is 12.4 Å². The summed E-state index contributed by atoms with van der Waals surface area (Å²) in [7, 11) is 2.95. The zero-order valence-corrected chi connectivity index (χ0v) is 25.4. The van der Waals surface area contributed by atoms with Gasteiger partial charge in [0.1, 0.15) is 11.5 Å². The van der Waals surface area contributed by atoms with Crippen molar-refractivity contribution in [2.45, 2.75) is 69.3 Å². The molecule has 3 rings (SSSR count). The Morgan fingerprint density at radius 1 is 0.846 bits per heavy atom. The van der Waals surface area contributed by atoms with Crippen LogP contribution in [0.4, 0.5) is 26.3 Å². The topological polar surface area (TPSA) is 48.1 Å². The standard InChI is InChI=1S/C14H16BrF3O2.C13H14BrF3O2/c1-12(2,7-13(8-20-13)14(16,17)18)10-6-9(15)4-5-11(10)19-3;1-12(2,7-11(18)13(15,16)17)9-6-8(14)4-5-10(9)19-3/h4-6H,7-8H2,1-3H3;4-6H,7H2,1-3H3. The number of hydrogen-bond acceptors (Lipinski definition) is 4. The van der Waals surface area contributed by atoms with E-state index in [1.165, 1.54) is 14.2 Å². The Hall–Kier alpha value is -1.79. The molecule has 1 aliphatic rings. The van der Waals surface area contributed by atoms with Crippen molar-refractivity contribution in [3.8, 4) is 11.5 Å². The Balaban J connectivity index is 0.000000274. The molecule has 1 unspecified atom stereocenters. The van der Waals surface area contributed by atoms with Crippen LogP contribution in [0.25, 0.3) is 0 Å². The smallest absolute Gasteiger partial charge is 0.450 e. The maximum Gasteiger partial charge on any atom is 0.450 e. The molecule has 39 heavy (non-hydrogen) atoms. The molecule has 12 heteroatoms. The largest absolute Gasteiger partial charge is 0.496 e. The highest BCUT2D eigenvalue weighted by atomic mass is 79.9. The number of halogens is 8. The van der Waals surface area contributed by atoms with Crippen LogP contribution in [0.5, 0.6) is 11.5 Å². The van der Waals surface area contributed by atoms with Crippen molar-refractivity contribution in [1.29, 1.82) is 0 Å². The van der Waals surface area contributed by atoms with Gasteiger partial charge in [0.2, 0.25) is 5.78 Å². The molecule has 2 aromatic rings. The van der Waals surface area contributed by atoms with Crippen LogP contribution in [-0.4, -0.2) is 44.6 Å². The molecule has 0 aliphatic carbocycles. The lowest BCUT2D eigenvalue weighted by molar-refractivity contribution is -0.188. The highest BCUT2D eigenvalue weighted by molar-refractivity contribution is 9.10. The summed E-state index contributed by atoms with van der Waals surface area (Å²) in [6.45, 7) is 6.44.